The van der Waals surface area contributed by atoms with Crippen molar-refractivity contribution in [1.29, 1.82) is 0 Å². The first-order valence-corrected chi connectivity index (χ1v) is 18.8. The van der Waals surface area contributed by atoms with E-state index >= 15 is 0 Å². The van der Waals surface area contributed by atoms with Crippen LogP contribution >= 0.6 is 11.3 Å². The van der Waals surface area contributed by atoms with E-state index in [1.165, 1.54) is 64.0 Å². The molecular formula is C50H31NOS. The third-order valence-corrected chi connectivity index (χ3v) is 11.8. The molecule has 0 bridgehead atoms. The number of hydrogen-bond donors (Lipinski definition) is 0. The minimum atomic E-state index is 0.928. The molecule has 0 aliphatic rings. The lowest BCUT2D eigenvalue weighted by molar-refractivity contribution is 0.673. The van der Waals surface area contributed by atoms with Gasteiger partial charge in [-0.15, -0.1) is 11.3 Å². The molecule has 0 saturated heterocycles. The van der Waals surface area contributed by atoms with Crippen molar-refractivity contribution in [2.24, 2.45) is 0 Å². The lowest BCUT2D eigenvalue weighted by Gasteiger charge is -2.28. The van der Waals surface area contributed by atoms with Gasteiger partial charge in [0.1, 0.15) is 11.2 Å². The van der Waals surface area contributed by atoms with Gasteiger partial charge in [-0.05, 0) is 81.4 Å². The predicted octanol–water partition coefficient (Wildman–Crippen LogP) is 15.1. The summed E-state index contributed by atoms with van der Waals surface area (Å²) in [7, 11) is 0. The van der Waals surface area contributed by atoms with Crippen molar-refractivity contribution in [3.05, 3.63) is 188 Å². The third kappa shape index (κ3) is 4.78. The van der Waals surface area contributed by atoms with Gasteiger partial charge in [-0.25, -0.2) is 0 Å². The van der Waals surface area contributed by atoms with Gasteiger partial charge >= 0.3 is 0 Å². The Morgan fingerprint density at radius 3 is 1.92 bits per heavy atom. The second-order valence-corrected chi connectivity index (χ2v) is 14.7. The molecule has 0 spiro atoms. The Bertz CT molecular complexity index is 3170. The number of rotatable bonds is 5. The average molecular weight is 694 g/mol. The number of para-hydroxylation sites is 1. The van der Waals surface area contributed by atoms with Gasteiger partial charge in [0.15, 0.2) is 0 Å². The van der Waals surface area contributed by atoms with Crippen LogP contribution in [0.2, 0.25) is 0 Å². The largest absolute Gasteiger partial charge is 0.455 e. The van der Waals surface area contributed by atoms with Crippen molar-refractivity contribution < 1.29 is 4.42 Å². The molecule has 0 N–H and O–H groups in total. The van der Waals surface area contributed by atoms with E-state index in [2.05, 4.69) is 193 Å². The van der Waals surface area contributed by atoms with Gasteiger partial charge in [0, 0.05) is 53.3 Å². The molecule has 0 saturated carbocycles. The molecule has 2 aromatic heterocycles. The Kier molecular flexibility index (Phi) is 6.76. The summed E-state index contributed by atoms with van der Waals surface area (Å²) in [6, 6.07) is 67.9. The zero-order valence-electron chi connectivity index (χ0n) is 28.7. The minimum Gasteiger partial charge on any atom is -0.455 e. The smallest absolute Gasteiger partial charge is 0.143 e. The molecule has 0 amide bonds. The summed E-state index contributed by atoms with van der Waals surface area (Å²) in [5, 5.41) is 9.72. The Hall–Kier alpha value is -6.68. The molecule has 2 heterocycles. The standard InChI is InChI=1S/C50H31NOS/c1-2-11-33(12-3-1)40-17-8-9-20-44(40)51(36-24-21-35(22-25-36)39-19-10-15-32-13-4-6-16-38(32)39)37-26-28-42-47(31-37)53-46-30-29-45-48(49(42)46)43-27-23-34-14-5-7-18-41(34)50(43)52-45/h1-31H. The number of anilines is 3. The summed E-state index contributed by atoms with van der Waals surface area (Å²) >= 11 is 1.85. The molecule has 53 heavy (non-hydrogen) atoms. The SMILES string of the molecule is c1ccc(-c2ccccc2N(c2ccc(-c3cccc4ccccc34)cc2)c2ccc3c(c2)sc2ccc4oc5c6ccccc6ccc5c4c23)cc1. The number of hydrogen-bond acceptors (Lipinski definition) is 3. The van der Waals surface area contributed by atoms with Gasteiger partial charge in [-0.2, -0.15) is 0 Å². The molecule has 0 aliphatic heterocycles. The average Bonchev–Trinajstić information content (AvgIpc) is 3.80. The summed E-state index contributed by atoms with van der Waals surface area (Å²) in [4.78, 5) is 2.41. The van der Waals surface area contributed by atoms with E-state index in [9.17, 15) is 0 Å². The lowest BCUT2D eigenvalue weighted by atomic mass is 9.97. The van der Waals surface area contributed by atoms with E-state index in [4.69, 9.17) is 4.42 Å². The Labute approximate surface area is 310 Å². The van der Waals surface area contributed by atoms with E-state index in [1.54, 1.807) is 0 Å². The quantitative estimate of drug-likeness (QED) is 0.178. The van der Waals surface area contributed by atoms with Crippen molar-refractivity contribution in [3.63, 3.8) is 0 Å². The van der Waals surface area contributed by atoms with Crippen LogP contribution in [-0.2, 0) is 0 Å². The predicted molar refractivity (Wildman–Crippen MR) is 227 cm³/mol. The first-order chi connectivity index (χ1) is 26.3. The maximum Gasteiger partial charge on any atom is 0.143 e. The van der Waals surface area contributed by atoms with Crippen molar-refractivity contribution in [2.45, 2.75) is 0 Å². The Morgan fingerprint density at radius 2 is 1.06 bits per heavy atom. The molecule has 0 aliphatic carbocycles. The molecule has 0 fully saturated rings. The molecule has 11 aromatic rings. The maximum absolute atomic E-state index is 6.59. The molecule has 2 nitrogen and oxygen atoms in total. The highest BCUT2D eigenvalue weighted by Crippen LogP contribution is 2.47. The van der Waals surface area contributed by atoms with Gasteiger partial charge in [0.25, 0.3) is 0 Å². The topological polar surface area (TPSA) is 16.4 Å². The lowest BCUT2D eigenvalue weighted by Crippen LogP contribution is -2.11. The van der Waals surface area contributed by atoms with Crippen LogP contribution in [0.15, 0.2) is 192 Å². The summed E-state index contributed by atoms with van der Waals surface area (Å²) in [5.74, 6) is 0. The minimum absolute atomic E-state index is 0.928. The molecule has 0 radical (unpaired) electrons. The van der Waals surface area contributed by atoms with Crippen LogP contribution in [0.4, 0.5) is 17.1 Å². The van der Waals surface area contributed by atoms with Gasteiger partial charge < -0.3 is 9.32 Å². The fourth-order valence-corrected chi connectivity index (χ4v) is 9.36. The molecule has 0 atom stereocenters. The molecule has 9 aromatic carbocycles. The zero-order chi connectivity index (χ0) is 34.9. The van der Waals surface area contributed by atoms with Crippen LogP contribution in [-0.4, -0.2) is 0 Å². The van der Waals surface area contributed by atoms with E-state index in [0.717, 1.165) is 39.0 Å². The molecular weight excluding hydrogens is 663 g/mol. The normalized spacial score (nSPS) is 11.8. The molecule has 11 rings (SSSR count). The maximum atomic E-state index is 6.59. The first kappa shape index (κ1) is 30.0. The highest BCUT2D eigenvalue weighted by molar-refractivity contribution is 7.26. The zero-order valence-corrected chi connectivity index (χ0v) is 29.5. The summed E-state index contributed by atoms with van der Waals surface area (Å²) in [6.07, 6.45) is 0. The van der Waals surface area contributed by atoms with Gasteiger partial charge in [-0.3, -0.25) is 0 Å². The Morgan fingerprint density at radius 1 is 0.396 bits per heavy atom. The van der Waals surface area contributed by atoms with Crippen LogP contribution in [0.25, 0.3) is 85.9 Å². The summed E-state index contributed by atoms with van der Waals surface area (Å²) in [5.41, 5.74) is 10.0. The molecule has 0 unspecified atom stereocenters. The van der Waals surface area contributed by atoms with E-state index in [1.807, 2.05) is 11.3 Å². The van der Waals surface area contributed by atoms with Crippen molar-refractivity contribution >= 4 is 92.1 Å². The number of thiophene rings is 1. The fraction of sp³-hybridized carbons (Fsp3) is 0. The highest BCUT2D eigenvalue weighted by atomic mass is 32.1. The van der Waals surface area contributed by atoms with E-state index < -0.39 is 0 Å². The second-order valence-electron chi connectivity index (χ2n) is 13.7. The Balaban J connectivity index is 1.11. The van der Waals surface area contributed by atoms with Gasteiger partial charge in [0.2, 0.25) is 0 Å². The fourth-order valence-electron chi connectivity index (χ4n) is 8.21. The number of furan rings is 1. The third-order valence-electron chi connectivity index (χ3n) is 10.7. The highest BCUT2D eigenvalue weighted by Gasteiger charge is 2.21. The van der Waals surface area contributed by atoms with Crippen LogP contribution in [0.5, 0.6) is 0 Å². The van der Waals surface area contributed by atoms with Crippen LogP contribution < -0.4 is 4.90 Å². The van der Waals surface area contributed by atoms with Crippen LogP contribution in [0.1, 0.15) is 0 Å². The monoisotopic (exact) mass is 693 g/mol. The second kappa shape index (κ2) is 11.9. The number of fused-ring (bicyclic) bond motifs is 10. The van der Waals surface area contributed by atoms with Crippen LogP contribution in [0, 0.1) is 0 Å². The number of benzene rings is 9. The molecule has 3 heteroatoms. The first-order valence-electron chi connectivity index (χ1n) is 18.0. The summed E-state index contributed by atoms with van der Waals surface area (Å²) in [6.45, 7) is 0. The van der Waals surface area contributed by atoms with E-state index in [-0.39, 0.29) is 0 Å². The van der Waals surface area contributed by atoms with Gasteiger partial charge in [0.05, 0.1) is 5.69 Å². The van der Waals surface area contributed by atoms with Crippen molar-refractivity contribution in [2.75, 3.05) is 4.90 Å². The van der Waals surface area contributed by atoms with Crippen LogP contribution in [0.3, 0.4) is 0 Å². The molecule has 248 valence electrons. The van der Waals surface area contributed by atoms with Gasteiger partial charge in [-0.1, -0.05) is 140 Å². The van der Waals surface area contributed by atoms with Crippen molar-refractivity contribution in [1.82, 2.24) is 0 Å². The van der Waals surface area contributed by atoms with Crippen molar-refractivity contribution in [3.8, 4) is 22.3 Å². The summed E-state index contributed by atoms with van der Waals surface area (Å²) < 4.78 is 9.09. The number of nitrogens with zero attached hydrogens (tertiary/aromatic N) is 1. The van der Waals surface area contributed by atoms with E-state index in [0.29, 0.717) is 0 Å².